The van der Waals surface area contributed by atoms with E-state index in [0.717, 1.165) is 32.5 Å². The number of rotatable bonds is 4. The Bertz CT molecular complexity index is 867. The molecule has 0 radical (unpaired) electrons. The summed E-state index contributed by atoms with van der Waals surface area (Å²) in [5, 5.41) is 12.3. The Kier molecular flexibility index (Phi) is 7.57. The summed E-state index contributed by atoms with van der Waals surface area (Å²) in [4.78, 5) is 33.1. The zero-order chi connectivity index (χ0) is 22.4. The van der Waals surface area contributed by atoms with Crippen molar-refractivity contribution >= 4 is 23.2 Å². The lowest BCUT2D eigenvalue weighted by molar-refractivity contribution is -0.192. The maximum absolute atomic E-state index is 12.4. The van der Waals surface area contributed by atoms with Gasteiger partial charge in [0.15, 0.2) is 0 Å². The molecule has 2 aliphatic heterocycles. The number of thiophene rings is 1. The van der Waals surface area contributed by atoms with Gasteiger partial charge in [0.05, 0.1) is 18.3 Å². The SMILES string of the molecule is O=C(N[C@H]1CN(Cc2cccs2)[C@@H]2CCCO[C@H]12)c1cnccn1.O=C(O)C(F)(F)F. The monoisotopic (exact) mass is 458 g/mol. The van der Waals surface area contributed by atoms with Gasteiger partial charge in [-0.1, -0.05) is 6.07 Å². The number of carbonyl (C=O) groups is 2. The molecule has 1 amide bonds. The first-order valence-electron chi connectivity index (χ1n) is 9.50. The van der Waals surface area contributed by atoms with Crippen LogP contribution in [0.3, 0.4) is 0 Å². The molecular formula is C19H21F3N4O4S. The highest BCUT2D eigenvalue weighted by Crippen LogP contribution is 2.31. The van der Waals surface area contributed by atoms with E-state index in [1.54, 1.807) is 17.5 Å². The first-order chi connectivity index (χ1) is 14.8. The standard InChI is InChI=1S/C17H20N4O2S.C2HF3O2/c22-17(13-9-18-5-6-19-13)20-14-11-21(10-12-3-2-8-24-12)15-4-1-7-23-16(14)15;3-2(4,5)1(6)7/h2-3,5-6,8-9,14-16H,1,4,7,10-11H2,(H,20,22);(H,6,7)/t14-,15+,16+;/m0./s1. The number of amides is 1. The van der Waals surface area contributed by atoms with Gasteiger partial charge in [-0.05, 0) is 24.3 Å². The average Bonchev–Trinajstić information content (AvgIpc) is 3.37. The fourth-order valence-corrected chi connectivity index (χ4v) is 4.35. The lowest BCUT2D eigenvalue weighted by atomic mass is 10.0. The molecule has 2 N–H and O–H groups in total. The van der Waals surface area contributed by atoms with E-state index in [2.05, 4.69) is 37.7 Å². The molecule has 0 spiro atoms. The minimum Gasteiger partial charge on any atom is -0.475 e. The summed E-state index contributed by atoms with van der Waals surface area (Å²) in [6.45, 7) is 2.49. The summed E-state index contributed by atoms with van der Waals surface area (Å²) < 4.78 is 37.7. The summed E-state index contributed by atoms with van der Waals surface area (Å²) >= 11 is 1.77. The van der Waals surface area contributed by atoms with Gasteiger partial charge in [-0.25, -0.2) is 9.78 Å². The molecule has 168 valence electrons. The number of fused-ring (bicyclic) bond motifs is 1. The highest BCUT2D eigenvalue weighted by molar-refractivity contribution is 7.09. The van der Waals surface area contributed by atoms with Crippen LogP contribution in [0, 0.1) is 0 Å². The van der Waals surface area contributed by atoms with Crippen molar-refractivity contribution in [3.63, 3.8) is 0 Å². The number of carboxylic acids is 1. The van der Waals surface area contributed by atoms with E-state index in [-0.39, 0.29) is 18.1 Å². The quantitative estimate of drug-likeness (QED) is 0.725. The fraction of sp³-hybridized carbons (Fsp3) is 0.474. The zero-order valence-electron chi connectivity index (χ0n) is 16.3. The van der Waals surface area contributed by atoms with Crippen LogP contribution >= 0.6 is 11.3 Å². The van der Waals surface area contributed by atoms with Crippen molar-refractivity contribution in [2.75, 3.05) is 13.2 Å². The van der Waals surface area contributed by atoms with E-state index in [1.165, 1.54) is 17.3 Å². The van der Waals surface area contributed by atoms with Crippen LogP contribution in [0.4, 0.5) is 13.2 Å². The number of aliphatic carboxylic acids is 1. The Morgan fingerprint density at radius 3 is 2.74 bits per heavy atom. The van der Waals surface area contributed by atoms with Gasteiger partial charge in [0, 0.05) is 43.0 Å². The maximum Gasteiger partial charge on any atom is 0.490 e. The predicted octanol–water partition coefficient (Wildman–Crippen LogP) is 2.33. The molecule has 0 aromatic carbocycles. The first-order valence-corrected chi connectivity index (χ1v) is 10.4. The third kappa shape index (κ3) is 6.21. The summed E-state index contributed by atoms with van der Waals surface area (Å²) in [6, 6.07) is 4.60. The molecule has 0 saturated carbocycles. The lowest BCUT2D eigenvalue weighted by Crippen LogP contribution is -2.47. The number of likely N-dealkylation sites (tertiary alicyclic amines) is 1. The minimum atomic E-state index is -5.08. The Balaban J connectivity index is 0.000000339. The molecule has 4 rings (SSSR count). The third-order valence-corrected chi connectivity index (χ3v) is 5.79. The molecule has 3 atom stereocenters. The van der Waals surface area contributed by atoms with Gasteiger partial charge in [-0.3, -0.25) is 14.7 Å². The predicted molar refractivity (Wildman–Crippen MR) is 104 cm³/mol. The van der Waals surface area contributed by atoms with Crippen LogP contribution in [0.2, 0.25) is 0 Å². The molecule has 0 unspecified atom stereocenters. The van der Waals surface area contributed by atoms with Crippen molar-refractivity contribution < 1.29 is 32.6 Å². The van der Waals surface area contributed by atoms with Crippen LogP contribution in [0.15, 0.2) is 36.1 Å². The van der Waals surface area contributed by atoms with E-state index in [1.807, 2.05) is 0 Å². The van der Waals surface area contributed by atoms with E-state index in [9.17, 15) is 18.0 Å². The van der Waals surface area contributed by atoms with Crippen LogP contribution in [0.5, 0.6) is 0 Å². The molecule has 8 nitrogen and oxygen atoms in total. The minimum absolute atomic E-state index is 0.00947. The topological polar surface area (TPSA) is 105 Å². The molecular weight excluding hydrogens is 437 g/mol. The third-order valence-electron chi connectivity index (χ3n) is 4.92. The molecule has 0 bridgehead atoms. The fourth-order valence-electron chi connectivity index (χ4n) is 3.62. The number of ether oxygens (including phenoxy) is 1. The van der Waals surface area contributed by atoms with Gasteiger partial charge >= 0.3 is 12.1 Å². The summed E-state index contributed by atoms with van der Waals surface area (Å²) in [5.41, 5.74) is 0.349. The molecule has 2 aromatic rings. The van der Waals surface area contributed by atoms with Crippen LogP contribution in [0.1, 0.15) is 28.2 Å². The molecule has 2 aliphatic rings. The van der Waals surface area contributed by atoms with Crippen LogP contribution in [-0.2, 0) is 16.1 Å². The molecule has 31 heavy (non-hydrogen) atoms. The number of hydrogen-bond donors (Lipinski definition) is 2. The zero-order valence-corrected chi connectivity index (χ0v) is 17.1. The molecule has 2 fully saturated rings. The van der Waals surface area contributed by atoms with Crippen molar-refractivity contribution in [3.05, 3.63) is 46.7 Å². The Morgan fingerprint density at radius 1 is 1.35 bits per heavy atom. The van der Waals surface area contributed by atoms with E-state index in [0.29, 0.717) is 11.7 Å². The number of carboxylic acid groups (broad SMARTS) is 1. The average molecular weight is 458 g/mol. The number of carbonyl (C=O) groups excluding carboxylic acids is 1. The van der Waals surface area contributed by atoms with Crippen molar-refractivity contribution in [3.8, 4) is 0 Å². The van der Waals surface area contributed by atoms with Crippen molar-refractivity contribution in [1.29, 1.82) is 0 Å². The second kappa shape index (κ2) is 10.2. The number of aromatic nitrogens is 2. The molecule has 2 aromatic heterocycles. The number of nitrogens with zero attached hydrogens (tertiary/aromatic N) is 3. The lowest BCUT2D eigenvalue weighted by Gasteiger charge is -2.32. The van der Waals surface area contributed by atoms with Crippen LogP contribution < -0.4 is 5.32 Å². The number of alkyl halides is 3. The van der Waals surface area contributed by atoms with E-state index < -0.39 is 12.1 Å². The Hall–Kier alpha value is -2.57. The highest BCUT2D eigenvalue weighted by Gasteiger charge is 2.44. The van der Waals surface area contributed by atoms with E-state index in [4.69, 9.17) is 14.6 Å². The van der Waals surface area contributed by atoms with Gasteiger partial charge in [0.2, 0.25) is 0 Å². The second-order valence-corrected chi connectivity index (χ2v) is 8.06. The van der Waals surface area contributed by atoms with Gasteiger partial charge in [0.1, 0.15) is 5.69 Å². The van der Waals surface area contributed by atoms with Crippen LogP contribution in [-0.4, -0.2) is 69.4 Å². The van der Waals surface area contributed by atoms with Crippen LogP contribution in [0.25, 0.3) is 0 Å². The van der Waals surface area contributed by atoms with Crippen molar-refractivity contribution in [2.24, 2.45) is 0 Å². The molecule has 12 heteroatoms. The van der Waals surface area contributed by atoms with Gasteiger partial charge in [-0.2, -0.15) is 13.2 Å². The smallest absolute Gasteiger partial charge is 0.475 e. The number of nitrogens with one attached hydrogen (secondary N) is 1. The first kappa shape index (κ1) is 23.1. The Morgan fingerprint density at radius 2 is 2.13 bits per heavy atom. The van der Waals surface area contributed by atoms with E-state index >= 15 is 0 Å². The Labute approximate surface area is 180 Å². The van der Waals surface area contributed by atoms with Crippen molar-refractivity contribution in [1.82, 2.24) is 20.2 Å². The molecule has 4 heterocycles. The summed E-state index contributed by atoms with van der Waals surface area (Å²) in [7, 11) is 0. The van der Waals surface area contributed by atoms with Gasteiger partial charge in [-0.15, -0.1) is 11.3 Å². The molecule has 2 saturated heterocycles. The second-order valence-electron chi connectivity index (χ2n) is 7.03. The van der Waals surface area contributed by atoms with Gasteiger partial charge < -0.3 is 15.2 Å². The maximum atomic E-state index is 12.4. The summed E-state index contributed by atoms with van der Waals surface area (Å²) in [6.07, 6.45) is 1.76. The largest absolute Gasteiger partial charge is 0.490 e. The highest BCUT2D eigenvalue weighted by atomic mass is 32.1. The number of hydrogen-bond acceptors (Lipinski definition) is 7. The number of halogens is 3. The summed E-state index contributed by atoms with van der Waals surface area (Å²) in [5.74, 6) is -2.94. The van der Waals surface area contributed by atoms with Crippen molar-refractivity contribution in [2.45, 2.75) is 43.8 Å². The van der Waals surface area contributed by atoms with Gasteiger partial charge in [0.25, 0.3) is 5.91 Å². The normalized spacial score (nSPS) is 23.4. The molecule has 0 aliphatic carbocycles.